The Kier molecular flexibility index (Phi) is 8.04. The molecular weight excluding hydrogens is 454 g/mol. The number of sulfonamides is 1. The van der Waals surface area contributed by atoms with E-state index in [1.807, 2.05) is 18.2 Å². The molecule has 178 valence electrons. The maximum absolute atomic E-state index is 13.0. The Hall–Kier alpha value is -3.69. The quantitative estimate of drug-likeness (QED) is 0.460. The molecule has 2 amide bonds. The normalized spacial score (nSPS) is 11.2. The van der Waals surface area contributed by atoms with Crippen LogP contribution in [0.5, 0.6) is 11.5 Å². The number of para-hydroxylation sites is 1. The van der Waals surface area contributed by atoms with Gasteiger partial charge in [-0.25, -0.2) is 8.42 Å². The maximum atomic E-state index is 13.0. The smallest absolute Gasteiger partial charge is 0.255 e. The lowest BCUT2D eigenvalue weighted by Crippen LogP contribution is -2.30. The number of ether oxygens (including phenoxy) is 1. The number of rotatable bonds is 9. The summed E-state index contributed by atoms with van der Waals surface area (Å²) in [6.45, 7) is 5.57. The zero-order chi connectivity index (χ0) is 24.7. The number of benzene rings is 3. The van der Waals surface area contributed by atoms with Gasteiger partial charge in [0.1, 0.15) is 5.75 Å². The van der Waals surface area contributed by atoms with Crippen molar-refractivity contribution in [3.05, 3.63) is 78.4 Å². The largest absolute Gasteiger partial charge is 0.455 e. The molecule has 34 heavy (non-hydrogen) atoms. The minimum Gasteiger partial charge on any atom is -0.455 e. The first-order chi connectivity index (χ1) is 16.2. The number of nitrogens with one attached hydrogen (secondary N) is 2. The number of nitrogens with zero attached hydrogens (tertiary/aromatic N) is 1. The van der Waals surface area contributed by atoms with E-state index in [2.05, 4.69) is 10.6 Å². The van der Waals surface area contributed by atoms with Gasteiger partial charge in [0.15, 0.2) is 5.75 Å². The Morgan fingerprint density at radius 1 is 0.882 bits per heavy atom. The second-order valence-electron chi connectivity index (χ2n) is 7.38. The van der Waals surface area contributed by atoms with Gasteiger partial charge >= 0.3 is 0 Å². The Morgan fingerprint density at radius 2 is 1.53 bits per heavy atom. The van der Waals surface area contributed by atoms with Gasteiger partial charge in [-0.2, -0.15) is 4.31 Å². The molecule has 0 fully saturated rings. The van der Waals surface area contributed by atoms with Crippen LogP contribution in [-0.4, -0.2) is 37.6 Å². The highest BCUT2D eigenvalue weighted by Crippen LogP contribution is 2.33. The van der Waals surface area contributed by atoms with Crippen molar-refractivity contribution in [3.8, 4) is 11.5 Å². The molecule has 0 unspecified atom stereocenters. The standard InChI is InChI=1S/C25H27N3O5S/c1-4-28(5-2)34(31,32)22-15-16-24(33-21-9-7-6-8-10-21)23(17-22)27-25(30)19-11-13-20(14-12-19)26-18(3)29/h6-17H,4-5H2,1-3H3,(H,26,29)(H,27,30). The van der Waals surface area contributed by atoms with Crippen LogP contribution in [0, 0.1) is 0 Å². The first-order valence-corrected chi connectivity index (χ1v) is 12.2. The summed E-state index contributed by atoms with van der Waals surface area (Å²) >= 11 is 0. The molecule has 3 aromatic carbocycles. The van der Waals surface area contributed by atoms with Crippen LogP contribution in [-0.2, 0) is 14.8 Å². The number of amides is 2. The van der Waals surface area contributed by atoms with Gasteiger partial charge in [0.2, 0.25) is 15.9 Å². The molecule has 0 saturated carbocycles. The van der Waals surface area contributed by atoms with E-state index in [9.17, 15) is 18.0 Å². The molecule has 2 N–H and O–H groups in total. The predicted molar refractivity (Wildman–Crippen MR) is 132 cm³/mol. The zero-order valence-corrected chi connectivity index (χ0v) is 20.1. The van der Waals surface area contributed by atoms with Crippen molar-refractivity contribution in [2.75, 3.05) is 23.7 Å². The molecule has 8 nitrogen and oxygen atoms in total. The van der Waals surface area contributed by atoms with E-state index in [0.717, 1.165) is 0 Å². The fourth-order valence-electron chi connectivity index (χ4n) is 3.29. The Labute approximate surface area is 199 Å². The molecule has 3 aromatic rings. The first kappa shape index (κ1) is 24.9. The Bertz CT molecular complexity index is 1260. The van der Waals surface area contributed by atoms with Crippen molar-refractivity contribution in [1.29, 1.82) is 0 Å². The van der Waals surface area contributed by atoms with Crippen LogP contribution >= 0.6 is 0 Å². The molecule has 0 aromatic heterocycles. The van der Waals surface area contributed by atoms with E-state index in [1.165, 1.54) is 29.4 Å². The highest BCUT2D eigenvalue weighted by molar-refractivity contribution is 7.89. The number of carbonyl (C=O) groups is 2. The molecule has 0 radical (unpaired) electrons. The summed E-state index contributed by atoms with van der Waals surface area (Å²) in [5.74, 6) is 0.167. The highest BCUT2D eigenvalue weighted by atomic mass is 32.2. The average molecular weight is 482 g/mol. The lowest BCUT2D eigenvalue weighted by molar-refractivity contribution is -0.114. The van der Waals surface area contributed by atoms with Crippen LogP contribution in [0.2, 0.25) is 0 Å². The van der Waals surface area contributed by atoms with E-state index in [-0.39, 0.29) is 16.5 Å². The Morgan fingerprint density at radius 3 is 2.12 bits per heavy atom. The summed E-state index contributed by atoms with van der Waals surface area (Å²) in [5, 5.41) is 5.40. The third kappa shape index (κ3) is 6.00. The second-order valence-corrected chi connectivity index (χ2v) is 9.31. The topological polar surface area (TPSA) is 105 Å². The third-order valence-electron chi connectivity index (χ3n) is 4.98. The molecule has 0 saturated heterocycles. The monoisotopic (exact) mass is 481 g/mol. The van der Waals surface area contributed by atoms with Gasteiger partial charge in [-0.05, 0) is 54.6 Å². The Balaban J connectivity index is 1.96. The number of hydrogen-bond donors (Lipinski definition) is 2. The zero-order valence-electron chi connectivity index (χ0n) is 19.2. The number of anilines is 2. The molecule has 9 heteroatoms. The first-order valence-electron chi connectivity index (χ1n) is 10.8. The second kappa shape index (κ2) is 11.0. The summed E-state index contributed by atoms with van der Waals surface area (Å²) in [7, 11) is -3.74. The molecule has 0 heterocycles. The van der Waals surface area contributed by atoms with Gasteiger partial charge < -0.3 is 15.4 Å². The van der Waals surface area contributed by atoms with Crippen LogP contribution < -0.4 is 15.4 Å². The number of carbonyl (C=O) groups excluding carboxylic acids is 2. The average Bonchev–Trinajstić information content (AvgIpc) is 2.81. The van der Waals surface area contributed by atoms with Gasteiger partial charge in [0, 0.05) is 31.3 Å². The van der Waals surface area contributed by atoms with Crippen molar-refractivity contribution >= 4 is 33.2 Å². The SMILES string of the molecule is CCN(CC)S(=O)(=O)c1ccc(Oc2ccccc2)c(NC(=O)c2ccc(NC(C)=O)cc2)c1. The minimum absolute atomic E-state index is 0.0490. The predicted octanol–water partition coefficient (Wildman–Crippen LogP) is 4.72. The van der Waals surface area contributed by atoms with Crippen LogP contribution in [0.25, 0.3) is 0 Å². The summed E-state index contributed by atoms with van der Waals surface area (Å²) in [4.78, 5) is 24.2. The fourth-order valence-corrected chi connectivity index (χ4v) is 4.77. The third-order valence-corrected chi connectivity index (χ3v) is 7.03. The molecule has 0 atom stereocenters. The number of hydrogen-bond acceptors (Lipinski definition) is 5. The molecule has 0 aliphatic carbocycles. The summed E-state index contributed by atoms with van der Waals surface area (Å²) in [6.07, 6.45) is 0. The van der Waals surface area contributed by atoms with Crippen molar-refractivity contribution < 1.29 is 22.7 Å². The molecule has 0 aliphatic rings. The van der Waals surface area contributed by atoms with Crippen molar-refractivity contribution in [2.24, 2.45) is 0 Å². The van der Waals surface area contributed by atoms with Gasteiger partial charge in [-0.15, -0.1) is 0 Å². The molecule has 0 bridgehead atoms. The summed E-state index contributed by atoms with van der Waals surface area (Å²) in [5.41, 5.74) is 1.11. The van der Waals surface area contributed by atoms with Gasteiger partial charge in [0.25, 0.3) is 5.91 Å². The van der Waals surface area contributed by atoms with E-state index < -0.39 is 15.9 Å². The van der Waals surface area contributed by atoms with Crippen molar-refractivity contribution in [2.45, 2.75) is 25.7 Å². The van der Waals surface area contributed by atoms with E-state index in [1.54, 1.807) is 50.2 Å². The summed E-state index contributed by atoms with van der Waals surface area (Å²) < 4.78 is 33.3. The van der Waals surface area contributed by atoms with Gasteiger partial charge in [-0.3, -0.25) is 9.59 Å². The molecule has 3 rings (SSSR count). The van der Waals surface area contributed by atoms with Gasteiger partial charge in [0.05, 0.1) is 10.6 Å². The molecule has 0 spiro atoms. The fraction of sp³-hybridized carbons (Fsp3) is 0.200. The molecular formula is C25H27N3O5S. The van der Waals surface area contributed by atoms with Crippen LogP contribution in [0.4, 0.5) is 11.4 Å². The van der Waals surface area contributed by atoms with Crippen LogP contribution in [0.3, 0.4) is 0 Å². The van der Waals surface area contributed by atoms with E-state index in [0.29, 0.717) is 35.8 Å². The van der Waals surface area contributed by atoms with E-state index in [4.69, 9.17) is 4.74 Å². The van der Waals surface area contributed by atoms with Crippen molar-refractivity contribution in [3.63, 3.8) is 0 Å². The summed E-state index contributed by atoms with van der Waals surface area (Å²) in [6, 6.07) is 19.7. The minimum atomic E-state index is -3.74. The van der Waals surface area contributed by atoms with Crippen LogP contribution in [0.1, 0.15) is 31.1 Å². The van der Waals surface area contributed by atoms with E-state index >= 15 is 0 Å². The van der Waals surface area contributed by atoms with Gasteiger partial charge in [-0.1, -0.05) is 32.0 Å². The lowest BCUT2D eigenvalue weighted by atomic mass is 10.2. The van der Waals surface area contributed by atoms with Crippen molar-refractivity contribution in [1.82, 2.24) is 4.31 Å². The lowest BCUT2D eigenvalue weighted by Gasteiger charge is -2.20. The maximum Gasteiger partial charge on any atom is 0.255 e. The molecule has 0 aliphatic heterocycles. The van der Waals surface area contributed by atoms with Crippen LogP contribution in [0.15, 0.2) is 77.7 Å². The highest BCUT2D eigenvalue weighted by Gasteiger charge is 2.23.